The Bertz CT molecular complexity index is 805. The van der Waals surface area contributed by atoms with Crippen LogP contribution in [0.3, 0.4) is 0 Å². The van der Waals surface area contributed by atoms with Crippen LogP contribution in [0.5, 0.6) is 5.75 Å². The Hall–Kier alpha value is -2.40. The molecule has 1 aromatic carbocycles. The minimum Gasteiger partial charge on any atom is -0.497 e. The molecule has 27 heavy (non-hydrogen) atoms. The molecule has 1 aromatic heterocycles. The highest BCUT2D eigenvalue weighted by atomic mass is 16.5. The maximum atomic E-state index is 13.2. The van der Waals surface area contributed by atoms with E-state index in [1.165, 1.54) is 12.0 Å². The first-order valence-electron chi connectivity index (χ1n) is 9.71. The Kier molecular flexibility index (Phi) is 5.12. The molecule has 3 aliphatic rings. The van der Waals surface area contributed by atoms with Gasteiger partial charge in [-0.2, -0.15) is 0 Å². The molecule has 0 N–H and O–H groups in total. The number of benzene rings is 1. The number of hydrogen-bond donors (Lipinski definition) is 0. The maximum absolute atomic E-state index is 13.2. The van der Waals surface area contributed by atoms with Crippen LogP contribution in [0.1, 0.15) is 34.3 Å². The minimum atomic E-state index is 0.140. The zero-order valence-corrected chi connectivity index (χ0v) is 16.1. The molecule has 5 heteroatoms. The number of pyridine rings is 1. The van der Waals surface area contributed by atoms with Gasteiger partial charge in [-0.05, 0) is 55.0 Å². The topological polar surface area (TPSA) is 45.7 Å². The lowest BCUT2D eigenvalue weighted by Gasteiger charge is -2.36. The van der Waals surface area contributed by atoms with E-state index in [-0.39, 0.29) is 11.9 Å². The van der Waals surface area contributed by atoms with Crippen molar-refractivity contribution in [1.82, 2.24) is 14.8 Å². The van der Waals surface area contributed by atoms with E-state index in [1.807, 2.05) is 25.1 Å². The van der Waals surface area contributed by atoms with Crippen molar-refractivity contribution in [2.75, 3.05) is 26.7 Å². The number of methoxy groups -OCH3 is 1. The Balaban J connectivity index is 1.48. The van der Waals surface area contributed by atoms with Gasteiger partial charge in [0, 0.05) is 44.6 Å². The molecule has 3 saturated heterocycles. The molecule has 0 saturated carbocycles. The third kappa shape index (κ3) is 3.83. The zero-order chi connectivity index (χ0) is 18.8. The van der Waals surface area contributed by atoms with Gasteiger partial charge in [-0.15, -0.1) is 0 Å². The van der Waals surface area contributed by atoms with Crippen molar-refractivity contribution in [3.63, 3.8) is 0 Å². The van der Waals surface area contributed by atoms with Crippen molar-refractivity contribution in [2.24, 2.45) is 5.92 Å². The van der Waals surface area contributed by atoms with Gasteiger partial charge in [-0.3, -0.25) is 14.7 Å². The van der Waals surface area contributed by atoms with Gasteiger partial charge in [0.2, 0.25) is 0 Å². The fourth-order valence-electron chi connectivity index (χ4n) is 4.39. The number of ether oxygens (including phenoxy) is 1. The molecule has 1 amide bonds. The van der Waals surface area contributed by atoms with Gasteiger partial charge < -0.3 is 9.64 Å². The highest BCUT2D eigenvalue weighted by molar-refractivity contribution is 5.95. The molecule has 2 atom stereocenters. The molecule has 0 aliphatic carbocycles. The first-order chi connectivity index (χ1) is 13.1. The molecular weight excluding hydrogens is 338 g/mol. The Labute approximate surface area is 161 Å². The Morgan fingerprint density at radius 1 is 1.15 bits per heavy atom. The fraction of sp³-hybridized carbons (Fsp3) is 0.455. The van der Waals surface area contributed by atoms with Gasteiger partial charge >= 0.3 is 0 Å². The molecule has 142 valence electrons. The number of aromatic nitrogens is 1. The first kappa shape index (κ1) is 18.0. The van der Waals surface area contributed by atoms with Gasteiger partial charge in [0.1, 0.15) is 5.75 Å². The number of hydrogen-bond acceptors (Lipinski definition) is 4. The lowest BCUT2D eigenvalue weighted by Crippen LogP contribution is -2.47. The lowest BCUT2D eigenvalue weighted by atomic mass is 9.94. The van der Waals surface area contributed by atoms with Crippen molar-refractivity contribution in [2.45, 2.75) is 32.4 Å². The summed E-state index contributed by atoms with van der Waals surface area (Å²) in [5.41, 5.74) is 3.04. The average Bonchev–Trinajstić information content (AvgIpc) is 2.99. The van der Waals surface area contributed by atoms with Crippen LogP contribution in [0.2, 0.25) is 0 Å². The fourth-order valence-corrected chi connectivity index (χ4v) is 4.39. The van der Waals surface area contributed by atoms with E-state index in [0.29, 0.717) is 5.92 Å². The number of rotatable bonds is 4. The quantitative estimate of drug-likeness (QED) is 0.835. The third-order valence-corrected chi connectivity index (χ3v) is 5.88. The number of amides is 1. The van der Waals surface area contributed by atoms with E-state index < -0.39 is 0 Å². The van der Waals surface area contributed by atoms with Gasteiger partial charge in [-0.25, -0.2) is 0 Å². The lowest BCUT2D eigenvalue weighted by molar-refractivity contribution is 0.0583. The van der Waals surface area contributed by atoms with Crippen LogP contribution in [-0.2, 0) is 6.54 Å². The number of fused-ring (bicyclic) bond motifs is 4. The van der Waals surface area contributed by atoms with Gasteiger partial charge in [0.05, 0.1) is 12.7 Å². The predicted octanol–water partition coefficient (Wildman–Crippen LogP) is 3.14. The summed E-state index contributed by atoms with van der Waals surface area (Å²) in [6.45, 7) is 5.76. The number of carbonyl (C=O) groups is 1. The van der Waals surface area contributed by atoms with Crippen molar-refractivity contribution in [3.05, 3.63) is 59.4 Å². The van der Waals surface area contributed by atoms with Crippen LogP contribution < -0.4 is 4.74 Å². The van der Waals surface area contributed by atoms with Crippen molar-refractivity contribution >= 4 is 5.91 Å². The molecule has 3 aliphatic heterocycles. The molecule has 2 bridgehead atoms. The predicted molar refractivity (Wildman–Crippen MR) is 105 cm³/mol. The van der Waals surface area contributed by atoms with Gasteiger partial charge in [0.25, 0.3) is 5.91 Å². The van der Waals surface area contributed by atoms with Gasteiger partial charge in [0.15, 0.2) is 0 Å². The molecule has 0 radical (unpaired) electrons. The summed E-state index contributed by atoms with van der Waals surface area (Å²) >= 11 is 0. The molecule has 0 unspecified atom stereocenters. The highest BCUT2D eigenvalue weighted by Gasteiger charge is 2.37. The Morgan fingerprint density at radius 3 is 2.70 bits per heavy atom. The standard InChI is InChI=1S/C22H27N3O2/c1-16-9-10-23-11-21(16)22(26)25-14-18-3-6-19(25)15-24(13-18)12-17-4-7-20(27-2)8-5-17/h4-5,7-11,18-19H,3,6,12-15H2,1-2H3/t18-,19+/m0/s1. The third-order valence-electron chi connectivity index (χ3n) is 5.88. The second kappa shape index (κ2) is 7.69. The summed E-state index contributed by atoms with van der Waals surface area (Å²) in [6, 6.07) is 10.5. The second-order valence-corrected chi connectivity index (χ2v) is 7.79. The van der Waals surface area contributed by atoms with Gasteiger partial charge in [-0.1, -0.05) is 12.1 Å². The largest absolute Gasteiger partial charge is 0.497 e. The summed E-state index contributed by atoms with van der Waals surface area (Å²) in [7, 11) is 1.69. The van der Waals surface area contributed by atoms with E-state index >= 15 is 0 Å². The number of piperidine rings is 1. The van der Waals surface area contributed by atoms with Crippen LogP contribution in [0.25, 0.3) is 0 Å². The van der Waals surface area contributed by atoms with Crippen LogP contribution in [-0.4, -0.2) is 53.5 Å². The Morgan fingerprint density at radius 2 is 1.96 bits per heavy atom. The molecule has 2 aromatic rings. The summed E-state index contributed by atoms with van der Waals surface area (Å²) in [6.07, 6.45) is 5.76. The van der Waals surface area contributed by atoms with Crippen LogP contribution >= 0.6 is 0 Å². The summed E-state index contributed by atoms with van der Waals surface area (Å²) < 4.78 is 5.25. The summed E-state index contributed by atoms with van der Waals surface area (Å²) in [4.78, 5) is 21.9. The average molecular weight is 365 g/mol. The molecular formula is C22H27N3O2. The second-order valence-electron chi connectivity index (χ2n) is 7.79. The van der Waals surface area contributed by atoms with Crippen LogP contribution in [0.4, 0.5) is 0 Å². The van der Waals surface area contributed by atoms with E-state index in [1.54, 1.807) is 19.5 Å². The summed E-state index contributed by atoms with van der Waals surface area (Å²) in [5, 5.41) is 0. The van der Waals surface area contributed by atoms with Crippen molar-refractivity contribution in [3.8, 4) is 5.75 Å². The zero-order valence-electron chi connectivity index (χ0n) is 16.1. The number of nitrogens with zero attached hydrogens (tertiary/aromatic N) is 3. The number of carbonyl (C=O) groups excluding carboxylic acids is 1. The maximum Gasteiger partial charge on any atom is 0.255 e. The SMILES string of the molecule is COc1ccc(CN2C[C@@H]3CC[C@H](C2)N(C(=O)c2cnccc2C)C3)cc1. The normalized spacial score (nSPS) is 22.5. The molecule has 3 fully saturated rings. The van der Waals surface area contributed by atoms with E-state index in [2.05, 4.69) is 26.9 Å². The van der Waals surface area contributed by atoms with Crippen molar-refractivity contribution in [1.29, 1.82) is 0 Å². The van der Waals surface area contributed by atoms with E-state index in [4.69, 9.17) is 4.74 Å². The first-order valence-corrected chi connectivity index (χ1v) is 9.71. The minimum absolute atomic E-state index is 0.140. The highest BCUT2D eigenvalue weighted by Crippen LogP contribution is 2.30. The monoisotopic (exact) mass is 365 g/mol. The van der Waals surface area contributed by atoms with Crippen molar-refractivity contribution < 1.29 is 9.53 Å². The van der Waals surface area contributed by atoms with Crippen LogP contribution in [0, 0.1) is 12.8 Å². The molecule has 4 heterocycles. The van der Waals surface area contributed by atoms with Crippen LogP contribution in [0.15, 0.2) is 42.7 Å². The smallest absolute Gasteiger partial charge is 0.255 e. The number of aryl methyl sites for hydroxylation is 1. The van der Waals surface area contributed by atoms with E-state index in [9.17, 15) is 4.79 Å². The summed E-state index contributed by atoms with van der Waals surface area (Å²) in [5.74, 6) is 1.57. The van der Waals surface area contributed by atoms with E-state index in [0.717, 1.165) is 49.5 Å². The molecule has 5 nitrogen and oxygen atoms in total. The molecule has 0 spiro atoms. The molecule has 5 rings (SSSR count).